The second kappa shape index (κ2) is 8.12. The highest BCUT2D eigenvalue weighted by molar-refractivity contribution is 7.99. The molecule has 2 unspecified atom stereocenters. The minimum absolute atomic E-state index is 0.144. The summed E-state index contributed by atoms with van der Waals surface area (Å²) in [5, 5.41) is 3.27. The van der Waals surface area contributed by atoms with E-state index in [1.165, 1.54) is 7.11 Å². The average molecular weight is 219 g/mol. The van der Waals surface area contributed by atoms with E-state index in [2.05, 4.69) is 23.9 Å². The summed E-state index contributed by atoms with van der Waals surface area (Å²) >= 11 is 1.63. The Morgan fingerprint density at radius 2 is 2.21 bits per heavy atom. The van der Waals surface area contributed by atoms with Gasteiger partial charge >= 0.3 is 5.97 Å². The quantitative estimate of drug-likeness (QED) is 0.659. The van der Waals surface area contributed by atoms with Crippen LogP contribution < -0.4 is 5.32 Å². The van der Waals surface area contributed by atoms with E-state index in [4.69, 9.17) is 0 Å². The van der Waals surface area contributed by atoms with Crippen molar-refractivity contribution in [3.8, 4) is 0 Å². The molecule has 0 aliphatic rings. The minimum atomic E-state index is -0.144. The first-order chi connectivity index (χ1) is 6.65. The molecule has 84 valence electrons. The molecule has 0 aromatic heterocycles. The summed E-state index contributed by atoms with van der Waals surface area (Å²) in [5.74, 6) is 1.91. The number of thioether (sulfide) groups is 1. The zero-order chi connectivity index (χ0) is 11.0. The topological polar surface area (TPSA) is 38.3 Å². The molecule has 4 heteroatoms. The van der Waals surface area contributed by atoms with Crippen molar-refractivity contribution in [2.45, 2.75) is 26.3 Å². The third kappa shape index (κ3) is 5.50. The molecule has 0 radical (unpaired) electrons. The third-order valence-corrected chi connectivity index (χ3v) is 3.48. The Morgan fingerprint density at radius 3 is 2.64 bits per heavy atom. The average Bonchev–Trinajstić information content (AvgIpc) is 2.22. The standard InChI is InChI=1S/C10H21NO2S/c1-5-8(2)9(11-3)6-14-7-10(12)13-4/h8-9,11H,5-7H2,1-4H3. The number of carbonyl (C=O) groups excluding carboxylic acids is 1. The Morgan fingerprint density at radius 1 is 1.57 bits per heavy atom. The molecular formula is C10H21NO2S. The highest BCUT2D eigenvalue weighted by atomic mass is 32.2. The van der Waals surface area contributed by atoms with Crippen molar-refractivity contribution in [2.75, 3.05) is 25.7 Å². The lowest BCUT2D eigenvalue weighted by molar-refractivity contribution is -0.137. The molecular weight excluding hydrogens is 198 g/mol. The van der Waals surface area contributed by atoms with Crippen LogP contribution in [-0.2, 0) is 9.53 Å². The smallest absolute Gasteiger partial charge is 0.315 e. The number of nitrogens with one attached hydrogen (secondary N) is 1. The van der Waals surface area contributed by atoms with E-state index in [-0.39, 0.29) is 5.97 Å². The zero-order valence-electron chi connectivity index (χ0n) is 9.50. The number of esters is 1. The molecule has 0 amide bonds. The van der Waals surface area contributed by atoms with Gasteiger partial charge in [0.1, 0.15) is 0 Å². The van der Waals surface area contributed by atoms with Crippen molar-refractivity contribution in [2.24, 2.45) is 5.92 Å². The van der Waals surface area contributed by atoms with Crippen LogP contribution >= 0.6 is 11.8 Å². The molecule has 2 atom stereocenters. The SMILES string of the molecule is CCC(C)C(CSCC(=O)OC)NC. The van der Waals surface area contributed by atoms with Gasteiger partial charge in [-0.1, -0.05) is 20.3 Å². The summed E-state index contributed by atoms with van der Waals surface area (Å²) < 4.78 is 4.57. The van der Waals surface area contributed by atoms with Gasteiger partial charge in [0.25, 0.3) is 0 Å². The molecule has 0 aromatic carbocycles. The van der Waals surface area contributed by atoms with Crippen molar-refractivity contribution in [3.63, 3.8) is 0 Å². The highest BCUT2D eigenvalue weighted by Gasteiger charge is 2.14. The Balaban J connectivity index is 3.67. The summed E-state index contributed by atoms with van der Waals surface area (Å²) in [5.41, 5.74) is 0. The monoisotopic (exact) mass is 219 g/mol. The van der Waals surface area contributed by atoms with Crippen LogP contribution in [0.3, 0.4) is 0 Å². The largest absolute Gasteiger partial charge is 0.468 e. The Bertz CT molecular complexity index is 164. The van der Waals surface area contributed by atoms with Gasteiger partial charge in [-0.05, 0) is 13.0 Å². The lowest BCUT2D eigenvalue weighted by Crippen LogP contribution is -2.34. The maximum atomic E-state index is 10.9. The van der Waals surface area contributed by atoms with Crippen LogP contribution in [0.1, 0.15) is 20.3 Å². The maximum absolute atomic E-state index is 10.9. The van der Waals surface area contributed by atoms with Crippen molar-refractivity contribution in [3.05, 3.63) is 0 Å². The fraction of sp³-hybridized carbons (Fsp3) is 0.900. The summed E-state index contributed by atoms with van der Waals surface area (Å²) in [6.45, 7) is 4.40. The van der Waals surface area contributed by atoms with Gasteiger partial charge in [-0.3, -0.25) is 4.79 Å². The maximum Gasteiger partial charge on any atom is 0.315 e. The normalized spacial score (nSPS) is 14.9. The van der Waals surface area contributed by atoms with Crippen LogP contribution in [-0.4, -0.2) is 37.7 Å². The third-order valence-electron chi connectivity index (χ3n) is 2.45. The van der Waals surface area contributed by atoms with Crippen LogP contribution in [0, 0.1) is 5.92 Å². The molecule has 0 fully saturated rings. The Hall–Kier alpha value is -0.220. The summed E-state index contributed by atoms with van der Waals surface area (Å²) in [4.78, 5) is 10.9. The molecule has 3 nitrogen and oxygen atoms in total. The van der Waals surface area contributed by atoms with Gasteiger partial charge in [0.15, 0.2) is 0 Å². The van der Waals surface area contributed by atoms with E-state index in [9.17, 15) is 4.79 Å². The van der Waals surface area contributed by atoms with Gasteiger partial charge in [-0.15, -0.1) is 11.8 Å². The first kappa shape index (κ1) is 13.8. The highest BCUT2D eigenvalue weighted by Crippen LogP contribution is 2.13. The zero-order valence-corrected chi connectivity index (χ0v) is 10.3. The molecule has 0 aromatic rings. The molecule has 0 spiro atoms. The van der Waals surface area contributed by atoms with E-state index in [1.807, 2.05) is 7.05 Å². The minimum Gasteiger partial charge on any atom is -0.468 e. The van der Waals surface area contributed by atoms with Crippen LogP contribution in [0.5, 0.6) is 0 Å². The number of rotatable bonds is 7. The van der Waals surface area contributed by atoms with E-state index in [0.717, 1.165) is 12.2 Å². The first-order valence-corrected chi connectivity index (χ1v) is 6.13. The molecule has 0 saturated heterocycles. The van der Waals surface area contributed by atoms with Crippen LogP contribution in [0.15, 0.2) is 0 Å². The lowest BCUT2D eigenvalue weighted by atomic mass is 10.0. The summed E-state index contributed by atoms with van der Waals surface area (Å²) in [6.07, 6.45) is 1.16. The second-order valence-electron chi connectivity index (χ2n) is 3.37. The summed E-state index contributed by atoms with van der Waals surface area (Å²) in [7, 11) is 3.39. The van der Waals surface area contributed by atoms with Crippen molar-refractivity contribution in [1.82, 2.24) is 5.32 Å². The van der Waals surface area contributed by atoms with E-state index >= 15 is 0 Å². The number of hydrogen-bond acceptors (Lipinski definition) is 4. The fourth-order valence-corrected chi connectivity index (χ4v) is 2.30. The number of ether oxygens (including phenoxy) is 1. The molecule has 0 rings (SSSR count). The van der Waals surface area contributed by atoms with Gasteiger partial charge in [0.2, 0.25) is 0 Å². The van der Waals surface area contributed by atoms with Crippen LogP contribution in [0.2, 0.25) is 0 Å². The Kier molecular flexibility index (Phi) is 7.99. The first-order valence-electron chi connectivity index (χ1n) is 4.97. The molecule has 14 heavy (non-hydrogen) atoms. The Labute approximate surface area is 91.0 Å². The van der Waals surface area contributed by atoms with Crippen molar-refractivity contribution in [1.29, 1.82) is 0 Å². The van der Waals surface area contributed by atoms with Crippen LogP contribution in [0.4, 0.5) is 0 Å². The molecule has 0 aliphatic carbocycles. The molecule has 1 N–H and O–H groups in total. The number of hydrogen-bond donors (Lipinski definition) is 1. The van der Waals surface area contributed by atoms with Gasteiger partial charge in [-0.25, -0.2) is 0 Å². The molecule has 0 heterocycles. The molecule has 0 bridgehead atoms. The van der Waals surface area contributed by atoms with Gasteiger partial charge in [0.05, 0.1) is 12.9 Å². The van der Waals surface area contributed by atoms with E-state index < -0.39 is 0 Å². The van der Waals surface area contributed by atoms with E-state index in [0.29, 0.717) is 17.7 Å². The van der Waals surface area contributed by atoms with Gasteiger partial charge < -0.3 is 10.1 Å². The number of methoxy groups -OCH3 is 1. The summed E-state index contributed by atoms with van der Waals surface area (Å²) in [6, 6.07) is 0.481. The van der Waals surface area contributed by atoms with E-state index in [1.54, 1.807) is 11.8 Å². The van der Waals surface area contributed by atoms with Crippen molar-refractivity contribution < 1.29 is 9.53 Å². The molecule has 0 aliphatic heterocycles. The van der Waals surface area contributed by atoms with Crippen molar-refractivity contribution >= 4 is 17.7 Å². The number of carbonyl (C=O) groups is 1. The van der Waals surface area contributed by atoms with Crippen LogP contribution in [0.25, 0.3) is 0 Å². The second-order valence-corrected chi connectivity index (χ2v) is 4.40. The lowest BCUT2D eigenvalue weighted by Gasteiger charge is -2.21. The predicted octanol–water partition coefficient (Wildman–Crippen LogP) is 1.53. The predicted molar refractivity (Wildman–Crippen MR) is 61.6 cm³/mol. The fourth-order valence-electron chi connectivity index (χ4n) is 1.14. The van der Waals surface area contributed by atoms with Gasteiger partial charge in [-0.2, -0.15) is 0 Å². The molecule has 0 saturated carbocycles. The van der Waals surface area contributed by atoms with Gasteiger partial charge in [0, 0.05) is 11.8 Å².